The summed E-state index contributed by atoms with van der Waals surface area (Å²) >= 11 is 3.48. The van der Waals surface area contributed by atoms with Crippen molar-refractivity contribution in [1.29, 1.82) is 0 Å². The molecule has 18 heavy (non-hydrogen) atoms. The van der Waals surface area contributed by atoms with E-state index in [4.69, 9.17) is 5.73 Å². The highest BCUT2D eigenvalue weighted by molar-refractivity contribution is 9.10. The number of amides is 1. The normalized spacial score (nSPS) is 18.1. The summed E-state index contributed by atoms with van der Waals surface area (Å²) in [6.45, 7) is 3.99. The molecule has 1 aromatic carbocycles. The van der Waals surface area contributed by atoms with Gasteiger partial charge in [-0.25, -0.2) is 0 Å². The standard InChI is InChI=1S/C13H18BrN3O/c1-9(15)11-4-3-10(14)7-12(11)17-6-5-16(2)13(18)8-17/h3-4,7,9H,5-6,8,15H2,1-2H3. The molecule has 1 aliphatic rings. The number of halogens is 1. The molecule has 1 aromatic rings. The highest BCUT2D eigenvalue weighted by Gasteiger charge is 2.23. The third-order valence-corrected chi connectivity index (χ3v) is 3.77. The van der Waals surface area contributed by atoms with Gasteiger partial charge in [-0.05, 0) is 24.6 Å². The number of nitrogens with zero attached hydrogens (tertiary/aromatic N) is 2. The summed E-state index contributed by atoms with van der Waals surface area (Å²) in [4.78, 5) is 15.7. The highest BCUT2D eigenvalue weighted by Crippen LogP contribution is 2.29. The molecule has 1 saturated heterocycles. The Morgan fingerprint density at radius 2 is 2.11 bits per heavy atom. The lowest BCUT2D eigenvalue weighted by Gasteiger charge is -2.35. The van der Waals surface area contributed by atoms with Gasteiger partial charge in [0.25, 0.3) is 0 Å². The van der Waals surface area contributed by atoms with Crippen LogP contribution in [0.1, 0.15) is 18.5 Å². The molecule has 1 fully saturated rings. The van der Waals surface area contributed by atoms with Crippen molar-refractivity contribution in [2.24, 2.45) is 5.73 Å². The maximum atomic E-state index is 11.8. The molecule has 0 bridgehead atoms. The Kier molecular flexibility index (Phi) is 3.92. The largest absolute Gasteiger partial charge is 0.360 e. The van der Waals surface area contributed by atoms with Crippen molar-refractivity contribution in [2.45, 2.75) is 13.0 Å². The van der Waals surface area contributed by atoms with Crippen LogP contribution in [0.2, 0.25) is 0 Å². The first-order valence-corrected chi connectivity index (χ1v) is 6.82. The SMILES string of the molecule is CC(N)c1ccc(Br)cc1N1CCN(C)C(=O)C1. The lowest BCUT2D eigenvalue weighted by atomic mass is 10.1. The van der Waals surface area contributed by atoms with E-state index in [2.05, 4.69) is 20.8 Å². The van der Waals surface area contributed by atoms with Gasteiger partial charge in [0, 0.05) is 36.3 Å². The van der Waals surface area contributed by atoms with E-state index in [0.29, 0.717) is 6.54 Å². The van der Waals surface area contributed by atoms with E-state index in [0.717, 1.165) is 28.8 Å². The van der Waals surface area contributed by atoms with E-state index in [1.165, 1.54) is 0 Å². The van der Waals surface area contributed by atoms with Gasteiger partial charge in [0.2, 0.25) is 5.91 Å². The molecule has 0 saturated carbocycles. The lowest BCUT2D eigenvalue weighted by Crippen LogP contribution is -2.49. The zero-order valence-electron chi connectivity index (χ0n) is 10.7. The molecule has 2 N–H and O–H groups in total. The Morgan fingerprint density at radius 1 is 1.39 bits per heavy atom. The Morgan fingerprint density at radius 3 is 2.72 bits per heavy atom. The second kappa shape index (κ2) is 5.28. The summed E-state index contributed by atoms with van der Waals surface area (Å²) in [5.41, 5.74) is 8.13. The number of rotatable bonds is 2. The first-order valence-electron chi connectivity index (χ1n) is 6.03. The van der Waals surface area contributed by atoms with Crippen LogP contribution in [-0.2, 0) is 4.79 Å². The smallest absolute Gasteiger partial charge is 0.241 e. The summed E-state index contributed by atoms with van der Waals surface area (Å²) < 4.78 is 1.01. The van der Waals surface area contributed by atoms with Gasteiger partial charge in [0.05, 0.1) is 6.54 Å². The van der Waals surface area contributed by atoms with Gasteiger partial charge in [-0.2, -0.15) is 0 Å². The van der Waals surface area contributed by atoms with Crippen molar-refractivity contribution in [3.05, 3.63) is 28.2 Å². The fraction of sp³-hybridized carbons (Fsp3) is 0.462. The second-order valence-corrected chi connectivity index (χ2v) is 5.64. The molecule has 1 heterocycles. The lowest BCUT2D eigenvalue weighted by molar-refractivity contribution is -0.129. The van der Waals surface area contributed by atoms with Crippen LogP contribution in [0.15, 0.2) is 22.7 Å². The Labute approximate surface area is 116 Å². The molecular weight excluding hydrogens is 294 g/mol. The minimum atomic E-state index is -0.0390. The van der Waals surface area contributed by atoms with Gasteiger partial charge >= 0.3 is 0 Å². The van der Waals surface area contributed by atoms with Crippen LogP contribution in [0.3, 0.4) is 0 Å². The maximum Gasteiger partial charge on any atom is 0.241 e. The molecule has 4 nitrogen and oxygen atoms in total. The molecular formula is C13H18BrN3O. The first kappa shape index (κ1) is 13.4. The number of piperazine rings is 1. The molecule has 2 rings (SSSR count). The van der Waals surface area contributed by atoms with Crippen LogP contribution in [0, 0.1) is 0 Å². The molecule has 0 aromatic heterocycles. The third-order valence-electron chi connectivity index (χ3n) is 3.28. The second-order valence-electron chi connectivity index (χ2n) is 4.73. The van der Waals surface area contributed by atoms with Crippen molar-refractivity contribution in [2.75, 3.05) is 31.6 Å². The van der Waals surface area contributed by atoms with E-state index in [9.17, 15) is 4.79 Å². The van der Waals surface area contributed by atoms with Crippen LogP contribution in [-0.4, -0.2) is 37.5 Å². The number of benzene rings is 1. The van der Waals surface area contributed by atoms with E-state index < -0.39 is 0 Å². The van der Waals surface area contributed by atoms with Crippen molar-refractivity contribution in [3.8, 4) is 0 Å². The van der Waals surface area contributed by atoms with Gasteiger partial charge in [0.15, 0.2) is 0 Å². The molecule has 98 valence electrons. The van der Waals surface area contributed by atoms with E-state index >= 15 is 0 Å². The molecule has 1 amide bonds. The number of hydrogen-bond donors (Lipinski definition) is 1. The Hall–Kier alpha value is -1.07. The zero-order chi connectivity index (χ0) is 13.3. The van der Waals surface area contributed by atoms with Gasteiger partial charge in [-0.1, -0.05) is 22.0 Å². The quantitative estimate of drug-likeness (QED) is 0.905. The first-order chi connectivity index (χ1) is 8.49. The number of carbonyl (C=O) groups excluding carboxylic acids is 1. The number of hydrogen-bond acceptors (Lipinski definition) is 3. The monoisotopic (exact) mass is 311 g/mol. The molecule has 1 unspecified atom stereocenters. The third kappa shape index (κ3) is 2.67. The highest BCUT2D eigenvalue weighted by atomic mass is 79.9. The molecule has 5 heteroatoms. The Balaban J connectivity index is 2.32. The van der Waals surface area contributed by atoms with Crippen molar-refractivity contribution in [1.82, 2.24) is 4.90 Å². The molecule has 1 aliphatic heterocycles. The zero-order valence-corrected chi connectivity index (χ0v) is 12.3. The minimum Gasteiger partial charge on any atom is -0.360 e. The van der Waals surface area contributed by atoms with Gasteiger partial charge < -0.3 is 15.5 Å². The van der Waals surface area contributed by atoms with E-state index in [1.807, 2.05) is 32.2 Å². The van der Waals surface area contributed by atoms with Crippen molar-refractivity contribution >= 4 is 27.5 Å². The van der Waals surface area contributed by atoms with Crippen LogP contribution >= 0.6 is 15.9 Å². The summed E-state index contributed by atoms with van der Waals surface area (Å²) in [7, 11) is 1.84. The number of nitrogens with two attached hydrogens (primary N) is 1. The van der Waals surface area contributed by atoms with Gasteiger partial charge in [-0.15, -0.1) is 0 Å². The summed E-state index contributed by atoms with van der Waals surface area (Å²) in [5, 5.41) is 0. The van der Waals surface area contributed by atoms with Crippen LogP contribution < -0.4 is 10.6 Å². The molecule has 0 radical (unpaired) electrons. The Bertz CT molecular complexity index is 462. The summed E-state index contributed by atoms with van der Waals surface area (Å²) in [6.07, 6.45) is 0. The number of anilines is 1. The van der Waals surface area contributed by atoms with Gasteiger partial charge in [-0.3, -0.25) is 4.79 Å². The van der Waals surface area contributed by atoms with E-state index in [1.54, 1.807) is 4.90 Å². The minimum absolute atomic E-state index is 0.0390. The predicted octanol–water partition coefficient (Wildman–Crippen LogP) is 1.75. The molecule has 1 atom stereocenters. The summed E-state index contributed by atoms with van der Waals surface area (Å²) in [5.74, 6) is 0.150. The van der Waals surface area contributed by atoms with Crippen molar-refractivity contribution in [3.63, 3.8) is 0 Å². The summed E-state index contributed by atoms with van der Waals surface area (Å²) in [6, 6.07) is 6.01. The number of carbonyl (C=O) groups is 1. The fourth-order valence-corrected chi connectivity index (χ4v) is 2.49. The number of likely N-dealkylation sites (N-methyl/N-ethyl adjacent to an activating group) is 1. The van der Waals surface area contributed by atoms with Crippen LogP contribution in [0.5, 0.6) is 0 Å². The van der Waals surface area contributed by atoms with Crippen molar-refractivity contribution < 1.29 is 4.79 Å². The van der Waals surface area contributed by atoms with Gasteiger partial charge in [0.1, 0.15) is 0 Å². The average molecular weight is 312 g/mol. The average Bonchev–Trinajstić information content (AvgIpc) is 2.32. The predicted molar refractivity (Wildman–Crippen MR) is 76.6 cm³/mol. The maximum absolute atomic E-state index is 11.8. The van der Waals surface area contributed by atoms with E-state index in [-0.39, 0.29) is 11.9 Å². The molecule has 0 spiro atoms. The topological polar surface area (TPSA) is 49.6 Å². The molecule has 0 aliphatic carbocycles. The fourth-order valence-electron chi connectivity index (χ4n) is 2.14. The van der Waals surface area contributed by atoms with Crippen LogP contribution in [0.4, 0.5) is 5.69 Å². The van der Waals surface area contributed by atoms with Crippen LogP contribution in [0.25, 0.3) is 0 Å².